The standard InChI is InChI=1S/C18H22N4O2S/c23-15(19-13-7-3-1-4-8-13)11-12-16-21-22-18(25-16)17(24)20-14-9-5-2-6-10-14/h2,5-6,9-10,13H,1,3-4,7-8,11-12H2,(H,19,23)(H,20,24). The topological polar surface area (TPSA) is 84.0 Å². The molecule has 7 heteroatoms. The molecule has 1 aliphatic rings. The van der Waals surface area contributed by atoms with Gasteiger partial charge in [-0.3, -0.25) is 9.59 Å². The third-order valence-electron chi connectivity index (χ3n) is 4.23. The number of rotatable bonds is 6. The van der Waals surface area contributed by atoms with E-state index < -0.39 is 0 Å². The highest BCUT2D eigenvalue weighted by molar-refractivity contribution is 7.13. The van der Waals surface area contributed by atoms with Crippen LogP contribution in [0.3, 0.4) is 0 Å². The quantitative estimate of drug-likeness (QED) is 0.831. The molecule has 1 aromatic carbocycles. The van der Waals surface area contributed by atoms with Crippen molar-refractivity contribution in [2.24, 2.45) is 0 Å². The number of anilines is 1. The Hall–Kier alpha value is -2.28. The van der Waals surface area contributed by atoms with Crippen LogP contribution in [0.1, 0.15) is 53.3 Å². The average Bonchev–Trinajstić information content (AvgIpc) is 3.11. The third-order valence-corrected chi connectivity index (χ3v) is 5.21. The van der Waals surface area contributed by atoms with Crippen LogP contribution in [-0.2, 0) is 11.2 Å². The number of hydrogen-bond donors (Lipinski definition) is 2. The molecule has 1 aliphatic carbocycles. The van der Waals surface area contributed by atoms with Gasteiger partial charge in [0.2, 0.25) is 10.9 Å². The minimum Gasteiger partial charge on any atom is -0.353 e. The maximum absolute atomic E-state index is 12.1. The predicted octanol–water partition coefficient (Wildman–Crippen LogP) is 3.17. The van der Waals surface area contributed by atoms with E-state index in [0.717, 1.165) is 18.5 Å². The van der Waals surface area contributed by atoms with Crippen LogP contribution in [0.5, 0.6) is 0 Å². The molecule has 2 aromatic rings. The highest BCUT2D eigenvalue weighted by Crippen LogP contribution is 2.18. The van der Waals surface area contributed by atoms with Crippen LogP contribution in [-0.4, -0.2) is 28.1 Å². The van der Waals surface area contributed by atoms with Crippen molar-refractivity contribution < 1.29 is 9.59 Å². The summed E-state index contributed by atoms with van der Waals surface area (Å²) in [5.41, 5.74) is 0.719. The molecular formula is C18H22N4O2S. The summed E-state index contributed by atoms with van der Waals surface area (Å²) in [4.78, 5) is 24.2. The van der Waals surface area contributed by atoms with E-state index in [9.17, 15) is 9.59 Å². The van der Waals surface area contributed by atoms with E-state index in [0.29, 0.717) is 28.9 Å². The maximum atomic E-state index is 12.1. The maximum Gasteiger partial charge on any atom is 0.286 e. The molecule has 2 N–H and O–H groups in total. The number of para-hydroxylation sites is 1. The van der Waals surface area contributed by atoms with Crippen molar-refractivity contribution in [1.82, 2.24) is 15.5 Å². The monoisotopic (exact) mass is 358 g/mol. The number of aryl methyl sites for hydroxylation is 1. The SMILES string of the molecule is O=C(CCc1nnc(C(=O)Nc2ccccc2)s1)NC1CCCCC1. The van der Waals surface area contributed by atoms with Gasteiger partial charge in [-0.2, -0.15) is 0 Å². The van der Waals surface area contributed by atoms with Crippen LogP contribution in [0.25, 0.3) is 0 Å². The number of hydrogen-bond acceptors (Lipinski definition) is 5. The molecule has 1 fully saturated rings. The second kappa shape index (κ2) is 8.71. The summed E-state index contributed by atoms with van der Waals surface area (Å²) in [6.45, 7) is 0. The molecule has 2 amide bonds. The highest BCUT2D eigenvalue weighted by Gasteiger charge is 2.17. The Bertz CT molecular complexity index is 711. The summed E-state index contributed by atoms with van der Waals surface area (Å²) in [6.07, 6.45) is 6.70. The van der Waals surface area contributed by atoms with Gasteiger partial charge in [-0.05, 0) is 25.0 Å². The van der Waals surface area contributed by atoms with Crippen molar-refractivity contribution in [1.29, 1.82) is 0 Å². The zero-order valence-electron chi connectivity index (χ0n) is 14.0. The number of aromatic nitrogens is 2. The molecule has 1 aromatic heterocycles. The number of carbonyl (C=O) groups excluding carboxylic acids is 2. The van der Waals surface area contributed by atoms with E-state index >= 15 is 0 Å². The lowest BCUT2D eigenvalue weighted by molar-refractivity contribution is -0.121. The predicted molar refractivity (Wildman–Crippen MR) is 97.6 cm³/mol. The highest BCUT2D eigenvalue weighted by atomic mass is 32.1. The first kappa shape index (κ1) is 17.5. The summed E-state index contributed by atoms with van der Waals surface area (Å²) >= 11 is 1.23. The van der Waals surface area contributed by atoms with Crippen molar-refractivity contribution in [3.05, 3.63) is 40.3 Å². The number of nitrogens with one attached hydrogen (secondary N) is 2. The molecule has 0 spiro atoms. The lowest BCUT2D eigenvalue weighted by Crippen LogP contribution is -2.36. The number of amides is 2. The number of carbonyl (C=O) groups is 2. The molecule has 0 atom stereocenters. The molecule has 0 bridgehead atoms. The number of benzene rings is 1. The largest absolute Gasteiger partial charge is 0.353 e. The van der Waals surface area contributed by atoms with E-state index in [1.165, 1.54) is 30.6 Å². The molecule has 132 valence electrons. The van der Waals surface area contributed by atoms with Crippen LogP contribution < -0.4 is 10.6 Å². The summed E-state index contributed by atoms with van der Waals surface area (Å²) in [5, 5.41) is 14.8. The van der Waals surface area contributed by atoms with Gasteiger partial charge in [0, 0.05) is 24.6 Å². The summed E-state index contributed by atoms with van der Waals surface area (Å²) in [7, 11) is 0. The van der Waals surface area contributed by atoms with Crippen molar-refractivity contribution in [3.63, 3.8) is 0 Å². The van der Waals surface area contributed by atoms with Gasteiger partial charge in [0.05, 0.1) is 0 Å². The van der Waals surface area contributed by atoms with Gasteiger partial charge < -0.3 is 10.6 Å². The molecule has 1 saturated carbocycles. The number of nitrogens with zero attached hydrogens (tertiary/aromatic N) is 2. The Kier molecular flexibility index (Phi) is 6.11. The molecule has 0 unspecified atom stereocenters. The Morgan fingerprint density at radius 3 is 2.60 bits per heavy atom. The fourth-order valence-electron chi connectivity index (χ4n) is 2.92. The zero-order valence-corrected chi connectivity index (χ0v) is 14.8. The summed E-state index contributed by atoms with van der Waals surface area (Å²) < 4.78 is 0. The zero-order chi connectivity index (χ0) is 17.5. The molecule has 6 nitrogen and oxygen atoms in total. The minimum atomic E-state index is -0.276. The lowest BCUT2D eigenvalue weighted by Gasteiger charge is -2.22. The van der Waals surface area contributed by atoms with Crippen LogP contribution in [0.4, 0.5) is 5.69 Å². The Balaban J connectivity index is 1.46. The van der Waals surface area contributed by atoms with Gasteiger partial charge in [-0.1, -0.05) is 48.8 Å². The Morgan fingerprint density at radius 2 is 1.84 bits per heavy atom. The van der Waals surface area contributed by atoms with Crippen LogP contribution in [0, 0.1) is 0 Å². The first-order valence-electron chi connectivity index (χ1n) is 8.69. The van der Waals surface area contributed by atoms with Gasteiger partial charge in [-0.15, -0.1) is 10.2 Å². The second-order valence-corrected chi connectivity index (χ2v) is 7.29. The molecule has 25 heavy (non-hydrogen) atoms. The van der Waals surface area contributed by atoms with Gasteiger partial charge in [0.1, 0.15) is 5.01 Å². The molecule has 0 radical (unpaired) electrons. The van der Waals surface area contributed by atoms with Crippen LogP contribution in [0.2, 0.25) is 0 Å². The lowest BCUT2D eigenvalue weighted by atomic mass is 9.95. The molecule has 0 saturated heterocycles. The van der Waals surface area contributed by atoms with E-state index in [1.54, 1.807) is 0 Å². The smallest absolute Gasteiger partial charge is 0.286 e. The molecular weight excluding hydrogens is 336 g/mol. The van der Waals surface area contributed by atoms with Crippen molar-refractivity contribution in [2.75, 3.05) is 5.32 Å². The average molecular weight is 358 g/mol. The van der Waals surface area contributed by atoms with E-state index in [-0.39, 0.29) is 11.8 Å². The van der Waals surface area contributed by atoms with Crippen molar-refractivity contribution in [2.45, 2.75) is 51.0 Å². The van der Waals surface area contributed by atoms with Crippen LogP contribution >= 0.6 is 11.3 Å². The molecule has 0 aliphatic heterocycles. The molecule has 3 rings (SSSR count). The van der Waals surface area contributed by atoms with E-state index in [4.69, 9.17) is 0 Å². The fraction of sp³-hybridized carbons (Fsp3) is 0.444. The summed E-state index contributed by atoms with van der Waals surface area (Å²) in [6, 6.07) is 9.54. The second-order valence-electron chi connectivity index (χ2n) is 6.22. The normalized spacial score (nSPS) is 14.9. The van der Waals surface area contributed by atoms with E-state index in [2.05, 4.69) is 20.8 Å². The van der Waals surface area contributed by atoms with Crippen molar-refractivity contribution >= 4 is 28.8 Å². The van der Waals surface area contributed by atoms with E-state index in [1.807, 2.05) is 30.3 Å². The first-order chi connectivity index (χ1) is 12.2. The molecule has 1 heterocycles. The Labute approximate surface area is 151 Å². The minimum absolute atomic E-state index is 0.0531. The first-order valence-corrected chi connectivity index (χ1v) is 9.50. The van der Waals surface area contributed by atoms with Gasteiger partial charge >= 0.3 is 0 Å². The summed E-state index contributed by atoms with van der Waals surface area (Å²) in [5.74, 6) is -0.223. The van der Waals surface area contributed by atoms with Gasteiger partial charge in [0.15, 0.2) is 0 Å². The fourth-order valence-corrected chi connectivity index (χ4v) is 3.65. The third kappa shape index (κ3) is 5.35. The van der Waals surface area contributed by atoms with Gasteiger partial charge in [-0.25, -0.2) is 0 Å². The van der Waals surface area contributed by atoms with Crippen LogP contribution in [0.15, 0.2) is 30.3 Å². The van der Waals surface area contributed by atoms with Gasteiger partial charge in [0.25, 0.3) is 5.91 Å². The van der Waals surface area contributed by atoms with Crippen molar-refractivity contribution in [3.8, 4) is 0 Å². The Morgan fingerprint density at radius 1 is 1.08 bits per heavy atom.